The van der Waals surface area contributed by atoms with Crippen molar-refractivity contribution in [3.8, 4) is 23.0 Å². The van der Waals surface area contributed by atoms with E-state index in [-0.39, 0.29) is 11.3 Å². The van der Waals surface area contributed by atoms with Crippen molar-refractivity contribution in [3.63, 3.8) is 0 Å². The van der Waals surface area contributed by atoms with Crippen molar-refractivity contribution in [1.29, 1.82) is 0 Å². The van der Waals surface area contributed by atoms with Gasteiger partial charge in [0, 0.05) is 29.1 Å². The van der Waals surface area contributed by atoms with E-state index in [1.54, 1.807) is 49.6 Å². The van der Waals surface area contributed by atoms with Crippen molar-refractivity contribution in [2.75, 3.05) is 38.7 Å². The molecule has 33 heavy (non-hydrogen) atoms. The van der Waals surface area contributed by atoms with Gasteiger partial charge in [-0.05, 0) is 23.6 Å². The molecule has 0 spiro atoms. The molecule has 2 heterocycles. The monoisotopic (exact) mass is 466 g/mol. The van der Waals surface area contributed by atoms with E-state index in [1.807, 2.05) is 11.4 Å². The van der Waals surface area contributed by atoms with Gasteiger partial charge in [-0.1, -0.05) is 6.07 Å². The average Bonchev–Trinajstić information content (AvgIpc) is 3.45. The summed E-state index contributed by atoms with van der Waals surface area (Å²) in [5.74, 6) is 1.03. The summed E-state index contributed by atoms with van der Waals surface area (Å²) in [7, 11) is 6.08. The Morgan fingerprint density at radius 2 is 1.48 bits per heavy atom. The lowest BCUT2D eigenvalue weighted by Gasteiger charge is -2.18. The lowest BCUT2D eigenvalue weighted by molar-refractivity contribution is -0.120. The van der Waals surface area contributed by atoms with Crippen LogP contribution in [0.4, 0.5) is 11.4 Å². The summed E-state index contributed by atoms with van der Waals surface area (Å²) in [5, 5.41) is 4.97. The van der Waals surface area contributed by atoms with E-state index in [4.69, 9.17) is 18.9 Å². The molecule has 0 fully saturated rings. The van der Waals surface area contributed by atoms with Crippen LogP contribution in [0.1, 0.15) is 4.88 Å². The van der Waals surface area contributed by atoms with Gasteiger partial charge in [-0.15, -0.1) is 11.3 Å². The first kappa shape index (κ1) is 22.2. The van der Waals surface area contributed by atoms with Crippen molar-refractivity contribution >= 4 is 40.1 Å². The molecule has 0 aliphatic carbocycles. The summed E-state index contributed by atoms with van der Waals surface area (Å²) >= 11 is 1.37. The van der Waals surface area contributed by atoms with Crippen molar-refractivity contribution in [2.45, 2.75) is 0 Å². The van der Waals surface area contributed by atoms with Crippen molar-refractivity contribution in [3.05, 3.63) is 64.5 Å². The van der Waals surface area contributed by atoms with Crippen LogP contribution in [-0.2, 0) is 9.59 Å². The van der Waals surface area contributed by atoms with Gasteiger partial charge in [0.15, 0.2) is 0 Å². The van der Waals surface area contributed by atoms with Crippen LogP contribution in [0.15, 0.2) is 59.6 Å². The molecule has 4 rings (SSSR count). The number of nitrogens with one attached hydrogen (secondary N) is 1. The summed E-state index contributed by atoms with van der Waals surface area (Å²) in [6, 6.07) is 13.7. The number of methoxy groups -OCH3 is 4. The summed E-state index contributed by atoms with van der Waals surface area (Å²) in [4.78, 5) is 28.9. The highest BCUT2D eigenvalue weighted by Crippen LogP contribution is 2.39. The number of anilines is 2. The molecule has 170 valence electrons. The minimum Gasteiger partial charge on any atom is -0.497 e. The molecule has 0 atom stereocenters. The van der Waals surface area contributed by atoms with Crippen LogP contribution < -0.4 is 29.2 Å². The van der Waals surface area contributed by atoms with Gasteiger partial charge >= 0.3 is 0 Å². The molecule has 1 aromatic heterocycles. The topological polar surface area (TPSA) is 86.3 Å². The van der Waals surface area contributed by atoms with Crippen LogP contribution in [-0.4, -0.2) is 40.3 Å². The van der Waals surface area contributed by atoms with Gasteiger partial charge in [0.05, 0.1) is 45.4 Å². The van der Waals surface area contributed by atoms with Crippen LogP contribution in [0.2, 0.25) is 0 Å². The van der Waals surface area contributed by atoms with E-state index in [0.717, 1.165) is 4.90 Å². The van der Waals surface area contributed by atoms with Crippen LogP contribution in [0, 0.1) is 0 Å². The Morgan fingerprint density at radius 1 is 0.788 bits per heavy atom. The first-order chi connectivity index (χ1) is 16.0. The normalized spacial score (nSPS) is 13.4. The number of benzene rings is 2. The summed E-state index contributed by atoms with van der Waals surface area (Å²) in [5.41, 5.74) is 1.28. The Morgan fingerprint density at radius 3 is 2.06 bits per heavy atom. The zero-order valence-electron chi connectivity index (χ0n) is 18.5. The van der Waals surface area contributed by atoms with Crippen LogP contribution in [0.3, 0.4) is 0 Å². The molecule has 8 nitrogen and oxygen atoms in total. The van der Waals surface area contributed by atoms with Gasteiger partial charge in [0.1, 0.15) is 28.7 Å². The van der Waals surface area contributed by atoms with Gasteiger partial charge in [-0.2, -0.15) is 0 Å². The number of hydrogen-bond acceptors (Lipinski definition) is 8. The van der Waals surface area contributed by atoms with Gasteiger partial charge in [-0.25, -0.2) is 4.90 Å². The predicted octanol–water partition coefficient (Wildman–Crippen LogP) is 4.18. The Labute approximate surface area is 194 Å². The fraction of sp³-hybridized carbons (Fsp3) is 0.167. The quantitative estimate of drug-likeness (QED) is 0.499. The third-order valence-electron chi connectivity index (χ3n) is 5.11. The molecule has 0 saturated carbocycles. The van der Waals surface area contributed by atoms with E-state index in [9.17, 15) is 9.59 Å². The van der Waals surface area contributed by atoms with Gasteiger partial charge in [0.25, 0.3) is 11.8 Å². The first-order valence-corrected chi connectivity index (χ1v) is 10.8. The number of carbonyl (C=O) groups is 2. The molecule has 9 heteroatoms. The van der Waals surface area contributed by atoms with Gasteiger partial charge < -0.3 is 24.3 Å². The molecule has 0 bridgehead atoms. The van der Waals surface area contributed by atoms with Crippen LogP contribution in [0.5, 0.6) is 23.0 Å². The predicted molar refractivity (Wildman–Crippen MR) is 126 cm³/mol. The highest BCUT2D eigenvalue weighted by Gasteiger charge is 2.41. The van der Waals surface area contributed by atoms with E-state index in [1.165, 1.54) is 32.7 Å². The lowest BCUT2D eigenvalue weighted by atomic mass is 10.1. The molecule has 3 aromatic rings. The number of thiophene rings is 1. The highest BCUT2D eigenvalue weighted by molar-refractivity contribution is 7.11. The maximum Gasteiger partial charge on any atom is 0.282 e. The van der Waals surface area contributed by atoms with E-state index >= 15 is 0 Å². The number of rotatable bonds is 8. The van der Waals surface area contributed by atoms with Crippen LogP contribution >= 0.6 is 11.3 Å². The molecule has 2 amide bonds. The molecule has 0 unspecified atom stereocenters. The molecule has 0 radical (unpaired) electrons. The fourth-order valence-electron chi connectivity index (χ4n) is 3.49. The minimum absolute atomic E-state index is 0.146. The second-order valence-electron chi connectivity index (χ2n) is 6.94. The third-order valence-corrected chi connectivity index (χ3v) is 6.00. The van der Waals surface area contributed by atoms with Crippen molar-refractivity contribution in [2.24, 2.45) is 0 Å². The number of ether oxygens (including phenoxy) is 4. The Bertz CT molecular complexity index is 1210. The highest BCUT2D eigenvalue weighted by atomic mass is 32.1. The fourth-order valence-corrected chi connectivity index (χ4v) is 4.26. The van der Waals surface area contributed by atoms with Gasteiger partial charge in [0.2, 0.25) is 0 Å². The molecule has 1 aliphatic rings. The maximum atomic E-state index is 13.6. The Kier molecular flexibility index (Phi) is 6.23. The van der Waals surface area contributed by atoms with E-state index in [2.05, 4.69) is 5.32 Å². The van der Waals surface area contributed by atoms with Crippen molar-refractivity contribution < 1.29 is 28.5 Å². The smallest absolute Gasteiger partial charge is 0.282 e. The van der Waals surface area contributed by atoms with E-state index in [0.29, 0.717) is 39.2 Å². The molecular formula is C24H22N2O6S. The molecule has 2 aromatic carbocycles. The Hall–Kier alpha value is -3.98. The third kappa shape index (κ3) is 4.10. The molecule has 1 aliphatic heterocycles. The second kappa shape index (κ2) is 9.25. The summed E-state index contributed by atoms with van der Waals surface area (Å²) < 4.78 is 21.3. The number of carbonyl (C=O) groups excluding carboxylic acids is 2. The standard InChI is InChI=1S/C24H22N2O6S/c1-29-15-7-8-18(19(13-15)32-4)25-22-21(20-6-5-9-33-20)23(27)26(24(22)28)14-10-16(30-2)12-17(11-14)31-3/h5-13,25H,1-4H3. The minimum atomic E-state index is -0.503. The number of hydrogen-bond donors (Lipinski definition) is 1. The SMILES string of the molecule is COc1cc(OC)cc(N2C(=O)C(Nc3ccc(OC)cc3OC)=C(c3cccs3)C2=O)c1. The Balaban J connectivity index is 1.81. The zero-order chi connectivity index (χ0) is 23.5. The summed E-state index contributed by atoms with van der Waals surface area (Å²) in [6.45, 7) is 0. The molecule has 1 N–H and O–H groups in total. The summed E-state index contributed by atoms with van der Waals surface area (Å²) in [6.07, 6.45) is 0. The second-order valence-corrected chi connectivity index (χ2v) is 7.88. The molecule has 0 saturated heterocycles. The van der Waals surface area contributed by atoms with Crippen molar-refractivity contribution in [1.82, 2.24) is 0 Å². The number of nitrogens with zero attached hydrogens (tertiary/aromatic N) is 1. The lowest BCUT2D eigenvalue weighted by Crippen LogP contribution is -2.32. The average molecular weight is 467 g/mol. The zero-order valence-corrected chi connectivity index (χ0v) is 19.3. The largest absolute Gasteiger partial charge is 0.497 e. The maximum absolute atomic E-state index is 13.6. The van der Waals surface area contributed by atoms with E-state index < -0.39 is 11.8 Å². The number of amides is 2. The van der Waals surface area contributed by atoms with Gasteiger partial charge in [-0.3, -0.25) is 9.59 Å². The van der Waals surface area contributed by atoms with Crippen LogP contribution in [0.25, 0.3) is 5.57 Å². The molecular weight excluding hydrogens is 444 g/mol. The number of imide groups is 1. The first-order valence-electron chi connectivity index (χ1n) is 9.89.